The van der Waals surface area contributed by atoms with Crippen LogP contribution in [0.1, 0.15) is 51.7 Å². The molecule has 31 heavy (non-hydrogen) atoms. The average Bonchev–Trinajstić information content (AvgIpc) is 2.72. The molecule has 4 aliphatic rings. The zero-order valence-corrected chi connectivity index (χ0v) is 19.3. The number of hydrogen-bond donors (Lipinski definition) is 0. The maximum atomic E-state index is 13.0. The number of nitrogens with zero attached hydrogens (tertiary/aromatic N) is 2. The molecule has 4 heterocycles. The molecule has 3 fully saturated rings. The summed E-state index contributed by atoms with van der Waals surface area (Å²) in [4.78, 5) is 28.4. The van der Waals surface area contributed by atoms with Crippen molar-refractivity contribution < 1.29 is 19.1 Å². The van der Waals surface area contributed by atoms with Crippen LogP contribution in [0.5, 0.6) is 5.75 Å². The molecule has 0 aliphatic carbocycles. The van der Waals surface area contributed by atoms with Crippen molar-refractivity contribution >= 4 is 23.4 Å². The number of hydrogen-bond acceptors (Lipinski definition) is 4. The Labute approximate surface area is 188 Å². The average molecular weight is 447 g/mol. The van der Waals surface area contributed by atoms with Gasteiger partial charge in [-0.15, -0.1) is 0 Å². The van der Waals surface area contributed by atoms with Gasteiger partial charge in [0, 0.05) is 60.9 Å². The Morgan fingerprint density at radius 3 is 2.52 bits per heavy atom. The number of likely N-dealkylation sites (tertiary alicyclic amines) is 2. The predicted molar refractivity (Wildman–Crippen MR) is 117 cm³/mol. The minimum absolute atomic E-state index is 0.00756. The van der Waals surface area contributed by atoms with Crippen LogP contribution in [0.4, 0.5) is 0 Å². The Bertz CT molecular complexity index is 903. The number of carbonyl (C=O) groups excluding carboxylic acids is 2. The molecule has 2 atom stereocenters. The number of benzene rings is 1. The highest BCUT2D eigenvalue weighted by atomic mass is 35.5. The Morgan fingerprint density at radius 1 is 1.13 bits per heavy atom. The predicted octanol–water partition coefficient (Wildman–Crippen LogP) is 3.68. The SMILES string of the molecule is CC(=O)N1CCC(C(=O)N2CC3(CO[C@@H]4c5cc(Cl)ccc5OC(C)(C)[C@H]4C3)C2)CC1. The molecule has 7 heteroatoms. The van der Waals surface area contributed by atoms with Gasteiger partial charge in [-0.2, -0.15) is 0 Å². The third-order valence-corrected chi connectivity index (χ3v) is 8.02. The maximum Gasteiger partial charge on any atom is 0.225 e. The molecule has 0 unspecified atom stereocenters. The number of carbonyl (C=O) groups is 2. The smallest absolute Gasteiger partial charge is 0.225 e. The third kappa shape index (κ3) is 3.62. The molecule has 0 N–H and O–H groups in total. The monoisotopic (exact) mass is 446 g/mol. The number of halogens is 1. The summed E-state index contributed by atoms with van der Waals surface area (Å²) >= 11 is 6.25. The molecule has 0 radical (unpaired) electrons. The minimum Gasteiger partial charge on any atom is -0.487 e. The van der Waals surface area contributed by atoms with E-state index in [-0.39, 0.29) is 40.8 Å². The molecule has 3 saturated heterocycles. The summed E-state index contributed by atoms with van der Waals surface area (Å²) < 4.78 is 12.8. The Morgan fingerprint density at radius 2 is 1.84 bits per heavy atom. The molecule has 0 aromatic heterocycles. The van der Waals surface area contributed by atoms with Gasteiger partial charge in [-0.1, -0.05) is 11.6 Å². The van der Waals surface area contributed by atoms with E-state index in [0.29, 0.717) is 24.7 Å². The minimum atomic E-state index is -0.344. The molecule has 1 spiro atoms. The van der Waals surface area contributed by atoms with Crippen molar-refractivity contribution in [1.82, 2.24) is 9.80 Å². The van der Waals surface area contributed by atoms with Gasteiger partial charge in [0.2, 0.25) is 11.8 Å². The lowest BCUT2D eigenvalue weighted by Gasteiger charge is -2.59. The highest BCUT2D eigenvalue weighted by molar-refractivity contribution is 6.30. The normalized spacial score (nSPS) is 28.9. The van der Waals surface area contributed by atoms with Gasteiger partial charge in [0.15, 0.2) is 0 Å². The standard InChI is InChI=1S/C24H31ClN2O4/c1-15(28)26-8-6-16(7-9-26)22(29)27-12-24(13-27)11-19-21(30-14-24)18-10-17(25)4-5-20(18)31-23(19,2)3/h4-5,10,16,19,21H,6-9,11-14H2,1-3H3/t19-,21+/m0/s1. The molecule has 1 aromatic carbocycles. The summed E-state index contributed by atoms with van der Waals surface area (Å²) in [5.41, 5.74) is 0.701. The van der Waals surface area contributed by atoms with Gasteiger partial charge < -0.3 is 19.3 Å². The Kier molecular flexibility index (Phi) is 5.02. The first-order valence-electron chi connectivity index (χ1n) is 11.3. The second kappa shape index (κ2) is 7.38. The number of piperidine rings is 1. The molecule has 168 valence electrons. The summed E-state index contributed by atoms with van der Waals surface area (Å²) in [6, 6.07) is 5.76. The molecule has 0 bridgehead atoms. The van der Waals surface area contributed by atoms with E-state index in [1.54, 1.807) is 6.92 Å². The van der Waals surface area contributed by atoms with Gasteiger partial charge in [0.25, 0.3) is 0 Å². The molecule has 6 nitrogen and oxygen atoms in total. The van der Waals surface area contributed by atoms with Crippen LogP contribution in [-0.2, 0) is 14.3 Å². The van der Waals surface area contributed by atoms with Crippen molar-refractivity contribution in [2.75, 3.05) is 32.8 Å². The second-order valence-electron chi connectivity index (χ2n) is 10.4. The first kappa shape index (κ1) is 21.1. The fraction of sp³-hybridized carbons (Fsp3) is 0.667. The second-order valence-corrected chi connectivity index (χ2v) is 10.8. The van der Waals surface area contributed by atoms with E-state index in [1.807, 2.05) is 28.0 Å². The summed E-state index contributed by atoms with van der Waals surface area (Å²) in [5, 5.41) is 0.695. The highest BCUT2D eigenvalue weighted by Crippen LogP contribution is 2.55. The van der Waals surface area contributed by atoms with E-state index < -0.39 is 0 Å². The molecule has 2 amide bonds. The lowest BCUT2D eigenvalue weighted by atomic mass is 9.64. The van der Waals surface area contributed by atoms with E-state index in [1.165, 1.54) is 0 Å². The van der Waals surface area contributed by atoms with E-state index in [9.17, 15) is 9.59 Å². The number of fused-ring (bicyclic) bond motifs is 3. The first-order chi connectivity index (χ1) is 14.7. The van der Waals surface area contributed by atoms with Gasteiger partial charge in [0.05, 0.1) is 12.7 Å². The van der Waals surface area contributed by atoms with Gasteiger partial charge in [-0.05, 0) is 51.3 Å². The van der Waals surface area contributed by atoms with Crippen LogP contribution in [0.25, 0.3) is 0 Å². The van der Waals surface area contributed by atoms with Crippen molar-refractivity contribution in [3.05, 3.63) is 28.8 Å². The maximum absolute atomic E-state index is 13.0. The van der Waals surface area contributed by atoms with E-state index in [4.69, 9.17) is 21.1 Å². The third-order valence-electron chi connectivity index (χ3n) is 7.79. The lowest BCUT2D eigenvalue weighted by molar-refractivity contribution is -0.203. The zero-order chi connectivity index (χ0) is 22.0. The van der Waals surface area contributed by atoms with Crippen molar-refractivity contribution in [3.8, 4) is 5.75 Å². The van der Waals surface area contributed by atoms with Crippen LogP contribution in [0, 0.1) is 17.3 Å². The summed E-state index contributed by atoms with van der Waals surface area (Å²) in [6.45, 7) is 9.39. The first-order valence-corrected chi connectivity index (χ1v) is 11.7. The number of rotatable bonds is 1. The molecular weight excluding hydrogens is 416 g/mol. The van der Waals surface area contributed by atoms with Gasteiger partial charge in [-0.3, -0.25) is 9.59 Å². The number of ether oxygens (including phenoxy) is 2. The molecule has 5 rings (SSSR count). The zero-order valence-electron chi connectivity index (χ0n) is 18.5. The topological polar surface area (TPSA) is 59.1 Å². The van der Waals surface area contributed by atoms with Gasteiger partial charge in [0.1, 0.15) is 11.4 Å². The van der Waals surface area contributed by atoms with Crippen molar-refractivity contribution in [2.45, 2.75) is 51.7 Å². The van der Waals surface area contributed by atoms with Crippen LogP contribution in [0.2, 0.25) is 5.02 Å². The van der Waals surface area contributed by atoms with Crippen molar-refractivity contribution in [1.29, 1.82) is 0 Å². The van der Waals surface area contributed by atoms with Crippen LogP contribution in [0.15, 0.2) is 18.2 Å². The van der Waals surface area contributed by atoms with Crippen molar-refractivity contribution in [2.24, 2.45) is 17.3 Å². The summed E-state index contributed by atoms with van der Waals surface area (Å²) in [7, 11) is 0. The summed E-state index contributed by atoms with van der Waals surface area (Å²) in [6.07, 6.45) is 2.48. The van der Waals surface area contributed by atoms with E-state index in [2.05, 4.69) is 13.8 Å². The van der Waals surface area contributed by atoms with E-state index in [0.717, 1.165) is 43.7 Å². The number of amides is 2. The highest BCUT2D eigenvalue weighted by Gasteiger charge is 2.57. The van der Waals surface area contributed by atoms with Crippen LogP contribution in [-0.4, -0.2) is 60.0 Å². The molecule has 1 aromatic rings. The lowest BCUT2D eigenvalue weighted by Crippen LogP contribution is -2.66. The molecule has 4 aliphatic heterocycles. The fourth-order valence-electron chi connectivity index (χ4n) is 5.96. The fourth-order valence-corrected chi connectivity index (χ4v) is 6.15. The van der Waals surface area contributed by atoms with E-state index >= 15 is 0 Å². The Balaban J connectivity index is 1.24. The van der Waals surface area contributed by atoms with Crippen LogP contribution < -0.4 is 4.74 Å². The van der Waals surface area contributed by atoms with Crippen LogP contribution >= 0.6 is 11.6 Å². The van der Waals surface area contributed by atoms with Gasteiger partial charge >= 0.3 is 0 Å². The van der Waals surface area contributed by atoms with Crippen LogP contribution in [0.3, 0.4) is 0 Å². The van der Waals surface area contributed by atoms with Crippen molar-refractivity contribution in [3.63, 3.8) is 0 Å². The Hall–Kier alpha value is -1.79. The molecular formula is C24H31ClN2O4. The quantitative estimate of drug-likeness (QED) is 0.660. The molecule has 0 saturated carbocycles. The summed E-state index contributed by atoms with van der Waals surface area (Å²) in [5.74, 6) is 1.45. The largest absolute Gasteiger partial charge is 0.487 e. The van der Waals surface area contributed by atoms with Gasteiger partial charge in [-0.25, -0.2) is 0 Å².